The molecule has 0 aromatic carbocycles. The number of unbranched alkanes of at least 4 members (excludes halogenated alkanes) is 34. The van der Waals surface area contributed by atoms with Crippen LogP contribution in [0.4, 0.5) is 0 Å². The fourth-order valence-electron chi connectivity index (χ4n) is 7.95. The molecule has 1 rings (SSSR count). The van der Waals surface area contributed by atoms with Gasteiger partial charge in [-0.05, 0) is 25.7 Å². The molecule has 1 aliphatic rings. The van der Waals surface area contributed by atoms with Gasteiger partial charge in [0.25, 0.3) is 0 Å². The molecule has 0 bridgehead atoms. The standard InChI is InChI=1S/C46H92N2/c1-4-7-10-13-16-19-22-23-24-25-26-27-28-29-32-35-38-41-46-47(42-39-36-33-30-20-17-14-11-8-5-2)44-45-48(46)43-40-37-34-31-21-18-15-12-9-6-3/h44-46H,4-43H2,1-3H3. The van der Waals surface area contributed by atoms with Gasteiger partial charge < -0.3 is 9.80 Å². The summed E-state index contributed by atoms with van der Waals surface area (Å²) < 4.78 is 0. The monoisotopic (exact) mass is 673 g/mol. The van der Waals surface area contributed by atoms with Crippen molar-refractivity contribution in [2.24, 2.45) is 0 Å². The molecule has 48 heavy (non-hydrogen) atoms. The van der Waals surface area contributed by atoms with Crippen LogP contribution in [0.25, 0.3) is 0 Å². The summed E-state index contributed by atoms with van der Waals surface area (Å²) in [5.41, 5.74) is 0. The predicted octanol–water partition coefficient (Wildman–Crippen LogP) is 16.3. The van der Waals surface area contributed by atoms with E-state index in [0.29, 0.717) is 6.17 Å². The quantitative estimate of drug-likeness (QED) is 0.0598. The van der Waals surface area contributed by atoms with Gasteiger partial charge >= 0.3 is 0 Å². The number of hydrogen-bond acceptors (Lipinski definition) is 2. The minimum Gasteiger partial charge on any atom is -0.356 e. The first-order chi connectivity index (χ1) is 23.8. The van der Waals surface area contributed by atoms with Crippen molar-refractivity contribution in [1.29, 1.82) is 0 Å². The molecule has 0 fully saturated rings. The second kappa shape index (κ2) is 37.6. The van der Waals surface area contributed by atoms with Gasteiger partial charge in [0.15, 0.2) is 0 Å². The van der Waals surface area contributed by atoms with Crippen molar-refractivity contribution in [3.63, 3.8) is 0 Å². The zero-order valence-electron chi connectivity index (χ0n) is 33.9. The summed E-state index contributed by atoms with van der Waals surface area (Å²) in [5, 5.41) is 0. The molecule has 0 unspecified atom stereocenters. The predicted molar refractivity (Wildman–Crippen MR) is 219 cm³/mol. The highest BCUT2D eigenvalue weighted by atomic mass is 15.4. The van der Waals surface area contributed by atoms with Crippen molar-refractivity contribution in [2.75, 3.05) is 13.1 Å². The summed E-state index contributed by atoms with van der Waals surface area (Å²) in [6, 6.07) is 0. The molecule has 0 N–H and O–H groups in total. The molecule has 0 saturated carbocycles. The summed E-state index contributed by atoms with van der Waals surface area (Å²) in [7, 11) is 0. The van der Waals surface area contributed by atoms with Crippen molar-refractivity contribution >= 4 is 0 Å². The van der Waals surface area contributed by atoms with E-state index in [1.54, 1.807) is 0 Å². The van der Waals surface area contributed by atoms with Crippen molar-refractivity contribution in [2.45, 2.75) is 271 Å². The Labute approximate surface area is 305 Å². The topological polar surface area (TPSA) is 6.48 Å². The third-order valence-corrected chi connectivity index (χ3v) is 11.3. The lowest BCUT2D eigenvalue weighted by Gasteiger charge is -2.33. The largest absolute Gasteiger partial charge is 0.356 e. The average Bonchev–Trinajstić information content (AvgIpc) is 3.48. The van der Waals surface area contributed by atoms with E-state index in [-0.39, 0.29) is 0 Å². The van der Waals surface area contributed by atoms with Crippen LogP contribution in [0, 0.1) is 0 Å². The smallest absolute Gasteiger partial charge is 0.101 e. The Bertz CT molecular complexity index is 596. The lowest BCUT2D eigenvalue weighted by Crippen LogP contribution is -2.39. The van der Waals surface area contributed by atoms with Crippen LogP contribution in [0.2, 0.25) is 0 Å². The van der Waals surface area contributed by atoms with Crippen LogP contribution in [0.3, 0.4) is 0 Å². The Hall–Kier alpha value is -0.660. The third kappa shape index (κ3) is 29.1. The Morgan fingerprint density at radius 2 is 0.479 bits per heavy atom. The van der Waals surface area contributed by atoms with E-state index in [1.165, 1.54) is 257 Å². The molecule has 1 aliphatic heterocycles. The molecule has 0 spiro atoms. The van der Waals surface area contributed by atoms with E-state index in [9.17, 15) is 0 Å². The number of rotatable bonds is 40. The molecule has 0 amide bonds. The molecule has 0 radical (unpaired) electrons. The van der Waals surface area contributed by atoms with Crippen LogP contribution in [0.1, 0.15) is 265 Å². The fourth-order valence-corrected chi connectivity index (χ4v) is 7.95. The van der Waals surface area contributed by atoms with Crippen molar-refractivity contribution in [1.82, 2.24) is 9.80 Å². The van der Waals surface area contributed by atoms with Crippen LogP contribution in [0.5, 0.6) is 0 Å². The number of hydrogen-bond donors (Lipinski definition) is 0. The molecular weight excluding hydrogens is 581 g/mol. The highest BCUT2D eigenvalue weighted by molar-refractivity contribution is 4.97. The zero-order valence-corrected chi connectivity index (χ0v) is 33.9. The lowest BCUT2D eigenvalue weighted by molar-refractivity contribution is 0.135. The molecule has 0 saturated heterocycles. The Morgan fingerprint density at radius 1 is 0.271 bits per heavy atom. The van der Waals surface area contributed by atoms with E-state index >= 15 is 0 Å². The molecule has 0 atom stereocenters. The molecular formula is C46H92N2. The van der Waals surface area contributed by atoms with Gasteiger partial charge in [-0.15, -0.1) is 0 Å². The normalized spacial score (nSPS) is 13.5. The van der Waals surface area contributed by atoms with Crippen LogP contribution in [-0.4, -0.2) is 29.1 Å². The fraction of sp³-hybridized carbons (Fsp3) is 0.957. The number of nitrogens with zero attached hydrogens (tertiary/aromatic N) is 2. The van der Waals surface area contributed by atoms with E-state index in [1.807, 2.05) is 0 Å². The van der Waals surface area contributed by atoms with Gasteiger partial charge in [-0.3, -0.25) is 0 Å². The molecule has 0 aromatic rings. The molecule has 1 heterocycles. The maximum absolute atomic E-state index is 2.73. The van der Waals surface area contributed by atoms with Gasteiger partial charge in [0, 0.05) is 25.5 Å². The van der Waals surface area contributed by atoms with E-state index in [2.05, 4.69) is 43.0 Å². The Balaban J connectivity index is 2.18. The molecule has 0 aliphatic carbocycles. The van der Waals surface area contributed by atoms with Crippen molar-refractivity contribution < 1.29 is 0 Å². The second-order valence-corrected chi connectivity index (χ2v) is 16.1. The SMILES string of the molecule is CCCCCCCCCCCCCCCCCCCC1N(CCCCCCCCCCCC)C=CN1CCCCCCCCCCCC. The highest BCUT2D eigenvalue weighted by Gasteiger charge is 2.24. The van der Waals surface area contributed by atoms with Gasteiger partial charge in [-0.1, -0.05) is 239 Å². The average molecular weight is 673 g/mol. The Morgan fingerprint density at radius 3 is 0.729 bits per heavy atom. The first kappa shape index (κ1) is 45.4. The summed E-state index contributed by atoms with van der Waals surface area (Å²) in [4.78, 5) is 5.46. The maximum atomic E-state index is 2.73. The van der Waals surface area contributed by atoms with E-state index in [0.717, 1.165) is 0 Å². The summed E-state index contributed by atoms with van der Waals surface area (Å²) in [5.74, 6) is 0. The van der Waals surface area contributed by atoms with Crippen LogP contribution in [0.15, 0.2) is 12.4 Å². The van der Waals surface area contributed by atoms with Crippen LogP contribution < -0.4 is 0 Å². The van der Waals surface area contributed by atoms with Gasteiger partial charge in [-0.25, -0.2) is 0 Å². The van der Waals surface area contributed by atoms with E-state index < -0.39 is 0 Å². The molecule has 2 heteroatoms. The minimum absolute atomic E-state index is 0.637. The third-order valence-electron chi connectivity index (χ3n) is 11.3. The van der Waals surface area contributed by atoms with Crippen LogP contribution >= 0.6 is 0 Å². The first-order valence-corrected chi connectivity index (χ1v) is 23.0. The van der Waals surface area contributed by atoms with Gasteiger partial charge in [0.05, 0.1) is 0 Å². The summed E-state index contributed by atoms with van der Waals surface area (Å²) in [6.07, 6.45) is 60.4. The summed E-state index contributed by atoms with van der Waals surface area (Å²) in [6.45, 7) is 9.49. The molecule has 2 nitrogen and oxygen atoms in total. The van der Waals surface area contributed by atoms with Crippen LogP contribution in [-0.2, 0) is 0 Å². The van der Waals surface area contributed by atoms with Gasteiger partial charge in [0.1, 0.15) is 6.17 Å². The molecule has 0 aromatic heterocycles. The first-order valence-electron chi connectivity index (χ1n) is 23.0. The Kier molecular flexibility index (Phi) is 35.5. The van der Waals surface area contributed by atoms with Crippen molar-refractivity contribution in [3.8, 4) is 0 Å². The highest BCUT2D eigenvalue weighted by Crippen LogP contribution is 2.24. The van der Waals surface area contributed by atoms with Crippen molar-refractivity contribution in [3.05, 3.63) is 12.4 Å². The minimum atomic E-state index is 0.637. The van der Waals surface area contributed by atoms with Gasteiger partial charge in [-0.2, -0.15) is 0 Å². The second-order valence-electron chi connectivity index (χ2n) is 16.1. The zero-order chi connectivity index (χ0) is 34.4. The van der Waals surface area contributed by atoms with E-state index in [4.69, 9.17) is 0 Å². The lowest BCUT2D eigenvalue weighted by atomic mass is 10.0. The molecule has 286 valence electrons. The maximum Gasteiger partial charge on any atom is 0.101 e. The van der Waals surface area contributed by atoms with Gasteiger partial charge in [0.2, 0.25) is 0 Å². The summed E-state index contributed by atoms with van der Waals surface area (Å²) >= 11 is 0.